The minimum absolute atomic E-state index is 0.246. The average molecular weight is 345 g/mol. The average Bonchev–Trinajstić information content (AvgIpc) is 2.47. The van der Waals surface area contributed by atoms with E-state index >= 15 is 0 Å². The van der Waals surface area contributed by atoms with Crippen molar-refractivity contribution in [3.05, 3.63) is 70.2 Å². The summed E-state index contributed by atoms with van der Waals surface area (Å²) >= 11 is 3.35. The molecule has 0 aliphatic carbocycles. The third kappa shape index (κ3) is 4.57. The smallest absolute Gasteiger partial charge is 0.248 e. The van der Waals surface area contributed by atoms with Crippen molar-refractivity contribution < 1.29 is 9.59 Å². The van der Waals surface area contributed by atoms with Crippen LogP contribution in [0, 0.1) is 0 Å². The van der Waals surface area contributed by atoms with Gasteiger partial charge in [0.25, 0.3) is 0 Å². The maximum atomic E-state index is 11.8. The van der Waals surface area contributed by atoms with Crippen molar-refractivity contribution >= 4 is 39.5 Å². The lowest BCUT2D eigenvalue weighted by molar-refractivity contribution is -0.111. The third-order valence-electron chi connectivity index (χ3n) is 2.73. The SMILES string of the molecule is NC(=O)c1ccc(NC(=O)/C=C/c2ccc(Br)cc2)cc1. The number of rotatable bonds is 4. The molecule has 2 aromatic carbocycles. The van der Waals surface area contributed by atoms with E-state index in [2.05, 4.69) is 21.2 Å². The van der Waals surface area contributed by atoms with E-state index in [1.807, 2.05) is 24.3 Å². The van der Waals surface area contributed by atoms with Crippen LogP contribution in [0.4, 0.5) is 5.69 Å². The lowest BCUT2D eigenvalue weighted by atomic mass is 10.2. The van der Waals surface area contributed by atoms with Gasteiger partial charge in [0.1, 0.15) is 0 Å². The number of benzene rings is 2. The number of anilines is 1. The highest BCUT2D eigenvalue weighted by Gasteiger charge is 2.01. The maximum absolute atomic E-state index is 11.8. The van der Waals surface area contributed by atoms with Crippen molar-refractivity contribution in [2.75, 3.05) is 5.32 Å². The highest BCUT2D eigenvalue weighted by Crippen LogP contribution is 2.12. The molecule has 0 saturated carbocycles. The Kier molecular flexibility index (Phi) is 4.90. The molecular weight excluding hydrogens is 332 g/mol. The molecule has 0 aliphatic heterocycles. The third-order valence-corrected chi connectivity index (χ3v) is 3.26. The molecule has 0 saturated heterocycles. The molecule has 0 aliphatic rings. The van der Waals surface area contributed by atoms with E-state index in [4.69, 9.17) is 5.73 Å². The van der Waals surface area contributed by atoms with Crippen molar-refractivity contribution in [3.63, 3.8) is 0 Å². The van der Waals surface area contributed by atoms with Crippen LogP contribution in [0.1, 0.15) is 15.9 Å². The summed E-state index contributed by atoms with van der Waals surface area (Å²) in [5.74, 6) is -0.743. The highest BCUT2D eigenvalue weighted by atomic mass is 79.9. The van der Waals surface area contributed by atoms with Crippen LogP contribution < -0.4 is 11.1 Å². The van der Waals surface area contributed by atoms with E-state index in [1.54, 1.807) is 30.3 Å². The van der Waals surface area contributed by atoms with Gasteiger partial charge in [0.05, 0.1) is 0 Å². The first-order valence-electron chi connectivity index (χ1n) is 6.19. The molecule has 0 aromatic heterocycles. The summed E-state index contributed by atoms with van der Waals surface area (Å²) in [6.07, 6.45) is 3.17. The van der Waals surface area contributed by atoms with Crippen LogP contribution in [-0.2, 0) is 4.79 Å². The largest absolute Gasteiger partial charge is 0.366 e. The molecule has 2 rings (SSSR count). The number of carbonyl (C=O) groups is 2. The van der Waals surface area contributed by atoms with Crippen LogP contribution in [0.5, 0.6) is 0 Å². The van der Waals surface area contributed by atoms with Crippen LogP contribution in [0.15, 0.2) is 59.1 Å². The minimum Gasteiger partial charge on any atom is -0.366 e. The number of nitrogens with one attached hydrogen (secondary N) is 1. The Morgan fingerprint density at radius 1 is 1.00 bits per heavy atom. The second-order valence-corrected chi connectivity index (χ2v) is 5.23. The number of nitrogens with two attached hydrogens (primary N) is 1. The summed E-state index contributed by atoms with van der Waals surface area (Å²) in [6.45, 7) is 0. The highest BCUT2D eigenvalue weighted by molar-refractivity contribution is 9.10. The first-order valence-corrected chi connectivity index (χ1v) is 6.98. The number of hydrogen-bond acceptors (Lipinski definition) is 2. The Labute approximate surface area is 130 Å². The molecule has 5 heteroatoms. The fourth-order valence-electron chi connectivity index (χ4n) is 1.65. The van der Waals surface area contributed by atoms with Crippen molar-refractivity contribution in [2.45, 2.75) is 0 Å². The van der Waals surface area contributed by atoms with Gasteiger partial charge >= 0.3 is 0 Å². The number of carbonyl (C=O) groups excluding carboxylic acids is 2. The topological polar surface area (TPSA) is 72.2 Å². The van der Waals surface area contributed by atoms with Crippen LogP contribution in [-0.4, -0.2) is 11.8 Å². The van der Waals surface area contributed by atoms with E-state index in [0.717, 1.165) is 10.0 Å². The first kappa shape index (κ1) is 15.0. The number of hydrogen-bond donors (Lipinski definition) is 2. The van der Waals surface area contributed by atoms with Gasteiger partial charge in [0, 0.05) is 21.8 Å². The summed E-state index contributed by atoms with van der Waals surface area (Å²) in [7, 11) is 0. The summed E-state index contributed by atoms with van der Waals surface area (Å²) in [5.41, 5.74) is 7.08. The molecule has 106 valence electrons. The van der Waals surface area contributed by atoms with Gasteiger partial charge in [-0.15, -0.1) is 0 Å². The van der Waals surface area contributed by atoms with Gasteiger partial charge in [-0.2, -0.15) is 0 Å². The van der Waals surface area contributed by atoms with E-state index in [9.17, 15) is 9.59 Å². The van der Waals surface area contributed by atoms with Crippen molar-refractivity contribution in [2.24, 2.45) is 5.73 Å². The lowest BCUT2D eigenvalue weighted by Gasteiger charge is -2.02. The lowest BCUT2D eigenvalue weighted by Crippen LogP contribution is -2.11. The quantitative estimate of drug-likeness (QED) is 0.836. The fourth-order valence-corrected chi connectivity index (χ4v) is 1.91. The van der Waals surface area contributed by atoms with E-state index in [1.165, 1.54) is 6.08 Å². The Morgan fingerprint density at radius 2 is 1.62 bits per heavy atom. The van der Waals surface area contributed by atoms with Crippen molar-refractivity contribution in [1.82, 2.24) is 0 Å². The standard InChI is InChI=1S/C16H13BrN2O2/c17-13-6-1-11(2-7-13)3-10-15(20)19-14-8-4-12(5-9-14)16(18)21/h1-10H,(H2,18,21)(H,19,20)/b10-3+. The van der Waals surface area contributed by atoms with Gasteiger partial charge in [-0.1, -0.05) is 28.1 Å². The molecule has 0 bridgehead atoms. The molecule has 0 atom stereocenters. The first-order chi connectivity index (χ1) is 10.0. The summed E-state index contributed by atoms with van der Waals surface area (Å²) in [6, 6.07) is 14.0. The fraction of sp³-hybridized carbons (Fsp3) is 0. The molecule has 0 fully saturated rings. The van der Waals surface area contributed by atoms with Crippen LogP contribution in [0.2, 0.25) is 0 Å². The molecule has 0 spiro atoms. The molecule has 3 N–H and O–H groups in total. The van der Waals surface area contributed by atoms with Crippen molar-refractivity contribution in [1.29, 1.82) is 0 Å². The van der Waals surface area contributed by atoms with Gasteiger partial charge in [-0.3, -0.25) is 9.59 Å². The monoisotopic (exact) mass is 344 g/mol. The van der Waals surface area contributed by atoms with Gasteiger partial charge in [0.2, 0.25) is 11.8 Å². The van der Waals surface area contributed by atoms with Crippen LogP contribution >= 0.6 is 15.9 Å². The molecule has 4 nitrogen and oxygen atoms in total. The van der Waals surface area contributed by atoms with E-state index in [0.29, 0.717) is 11.3 Å². The summed E-state index contributed by atoms with van der Waals surface area (Å²) in [5, 5.41) is 2.70. The second-order valence-electron chi connectivity index (χ2n) is 4.32. The summed E-state index contributed by atoms with van der Waals surface area (Å²) in [4.78, 5) is 22.7. The van der Waals surface area contributed by atoms with Gasteiger partial charge in [-0.05, 0) is 48.0 Å². The van der Waals surface area contributed by atoms with E-state index in [-0.39, 0.29) is 5.91 Å². The number of primary amides is 1. The molecule has 0 radical (unpaired) electrons. The predicted molar refractivity (Wildman–Crippen MR) is 86.8 cm³/mol. The Hall–Kier alpha value is -2.40. The van der Waals surface area contributed by atoms with Gasteiger partial charge in [-0.25, -0.2) is 0 Å². The zero-order valence-corrected chi connectivity index (χ0v) is 12.6. The Bertz CT molecular complexity index is 676. The number of halogens is 1. The normalized spacial score (nSPS) is 10.5. The zero-order chi connectivity index (χ0) is 15.2. The molecular formula is C16H13BrN2O2. The van der Waals surface area contributed by atoms with Crippen LogP contribution in [0.25, 0.3) is 6.08 Å². The Balaban J connectivity index is 1.98. The second kappa shape index (κ2) is 6.85. The van der Waals surface area contributed by atoms with Crippen LogP contribution in [0.3, 0.4) is 0 Å². The Morgan fingerprint density at radius 3 is 2.19 bits per heavy atom. The zero-order valence-electron chi connectivity index (χ0n) is 11.0. The molecule has 0 unspecified atom stereocenters. The van der Waals surface area contributed by atoms with E-state index < -0.39 is 5.91 Å². The van der Waals surface area contributed by atoms with Crippen molar-refractivity contribution in [3.8, 4) is 0 Å². The molecule has 21 heavy (non-hydrogen) atoms. The van der Waals surface area contributed by atoms with Gasteiger partial charge in [0.15, 0.2) is 0 Å². The number of amides is 2. The minimum atomic E-state index is -0.497. The van der Waals surface area contributed by atoms with Gasteiger partial charge < -0.3 is 11.1 Å². The molecule has 2 aromatic rings. The maximum Gasteiger partial charge on any atom is 0.248 e. The molecule has 0 heterocycles. The molecule has 2 amide bonds. The summed E-state index contributed by atoms with van der Waals surface area (Å²) < 4.78 is 0.985. The predicted octanol–water partition coefficient (Wildman–Crippen LogP) is 3.20.